The van der Waals surface area contributed by atoms with Gasteiger partial charge < -0.3 is 4.90 Å². The molecular formula is C17H18F3N. The zero-order valence-corrected chi connectivity index (χ0v) is 12.3. The Labute approximate surface area is 123 Å². The van der Waals surface area contributed by atoms with Crippen LogP contribution in [-0.2, 0) is 6.18 Å². The average molecular weight is 293 g/mol. The Morgan fingerprint density at radius 1 is 0.952 bits per heavy atom. The minimum atomic E-state index is -4.32. The summed E-state index contributed by atoms with van der Waals surface area (Å²) in [6.45, 7) is 6.34. The van der Waals surface area contributed by atoms with E-state index < -0.39 is 11.7 Å². The quantitative estimate of drug-likeness (QED) is 0.724. The molecule has 0 fully saturated rings. The van der Waals surface area contributed by atoms with Crippen LogP contribution in [0.5, 0.6) is 0 Å². The van der Waals surface area contributed by atoms with Crippen molar-refractivity contribution in [2.45, 2.75) is 26.9 Å². The van der Waals surface area contributed by atoms with Gasteiger partial charge in [0, 0.05) is 17.9 Å². The molecule has 0 aromatic heterocycles. The lowest BCUT2D eigenvalue weighted by atomic mass is 10.1. The van der Waals surface area contributed by atoms with E-state index in [1.54, 1.807) is 0 Å². The largest absolute Gasteiger partial charge is 0.416 e. The van der Waals surface area contributed by atoms with Crippen LogP contribution in [0.3, 0.4) is 0 Å². The van der Waals surface area contributed by atoms with E-state index in [2.05, 4.69) is 0 Å². The summed E-state index contributed by atoms with van der Waals surface area (Å²) in [5.74, 6) is 0. The molecule has 0 atom stereocenters. The molecule has 0 aliphatic rings. The molecule has 0 saturated heterocycles. The highest BCUT2D eigenvalue weighted by atomic mass is 19.4. The zero-order chi connectivity index (χ0) is 15.6. The first-order chi connectivity index (χ1) is 9.82. The molecule has 1 nitrogen and oxygen atoms in total. The van der Waals surface area contributed by atoms with Gasteiger partial charge in [-0.1, -0.05) is 23.8 Å². The van der Waals surface area contributed by atoms with Crippen molar-refractivity contribution in [2.24, 2.45) is 0 Å². The van der Waals surface area contributed by atoms with E-state index >= 15 is 0 Å². The van der Waals surface area contributed by atoms with Crippen LogP contribution in [0, 0.1) is 13.8 Å². The van der Waals surface area contributed by atoms with Crippen LogP contribution in [-0.4, -0.2) is 6.54 Å². The van der Waals surface area contributed by atoms with Gasteiger partial charge in [0.1, 0.15) is 0 Å². The van der Waals surface area contributed by atoms with Crippen molar-refractivity contribution in [3.8, 4) is 0 Å². The molecule has 0 radical (unpaired) electrons. The molecule has 0 N–H and O–H groups in total. The minimum Gasteiger partial charge on any atom is -0.342 e. The normalized spacial score (nSPS) is 11.5. The van der Waals surface area contributed by atoms with E-state index in [0.717, 1.165) is 22.9 Å². The first-order valence-electron chi connectivity index (χ1n) is 6.85. The molecule has 0 spiro atoms. The van der Waals surface area contributed by atoms with Gasteiger partial charge in [-0.25, -0.2) is 0 Å². The Morgan fingerprint density at radius 3 is 2.10 bits per heavy atom. The topological polar surface area (TPSA) is 3.24 Å². The van der Waals surface area contributed by atoms with Crippen molar-refractivity contribution >= 4 is 11.4 Å². The lowest BCUT2D eigenvalue weighted by molar-refractivity contribution is -0.137. The summed E-state index contributed by atoms with van der Waals surface area (Å²) in [6.07, 6.45) is -4.32. The van der Waals surface area contributed by atoms with Crippen molar-refractivity contribution in [1.29, 1.82) is 0 Å². The summed E-state index contributed by atoms with van der Waals surface area (Å²) in [6, 6.07) is 11.6. The highest BCUT2D eigenvalue weighted by Crippen LogP contribution is 2.35. The number of benzene rings is 2. The fraction of sp³-hybridized carbons (Fsp3) is 0.294. The van der Waals surface area contributed by atoms with Gasteiger partial charge in [0.2, 0.25) is 0 Å². The number of hydrogen-bond donors (Lipinski definition) is 0. The summed E-state index contributed by atoms with van der Waals surface area (Å²) in [7, 11) is 0. The molecular weight excluding hydrogens is 275 g/mol. The molecule has 0 heterocycles. The molecule has 0 aliphatic carbocycles. The van der Waals surface area contributed by atoms with E-state index in [1.807, 2.05) is 49.9 Å². The number of rotatable bonds is 3. The molecule has 21 heavy (non-hydrogen) atoms. The molecule has 4 heteroatoms. The highest BCUT2D eigenvalue weighted by Gasteiger charge is 2.31. The molecule has 112 valence electrons. The van der Waals surface area contributed by atoms with Crippen LogP contribution in [0.25, 0.3) is 0 Å². The second-order valence-corrected chi connectivity index (χ2v) is 5.08. The number of nitrogens with zero attached hydrogens (tertiary/aromatic N) is 1. The fourth-order valence-corrected chi connectivity index (χ4v) is 2.29. The summed E-state index contributed by atoms with van der Waals surface area (Å²) in [4.78, 5) is 1.89. The Kier molecular flexibility index (Phi) is 4.26. The van der Waals surface area contributed by atoms with Crippen molar-refractivity contribution in [1.82, 2.24) is 0 Å². The third-order valence-corrected chi connectivity index (χ3v) is 3.49. The first-order valence-corrected chi connectivity index (χ1v) is 6.85. The highest BCUT2D eigenvalue weighted by molar-refractivity contribution is 5.67. The number of anilines is 2. The lowest BCUT2D eigenvalue weighted by Gasteiger charge is -2.26. The van der Waals surface area contributed by atoms with E-state index in [9.17, 15) is 13.2 Å². The number of halogens is 3. The van der Waals surface area contributed by atoms with Crippen LogP contribution >= 0.6 is 0 Å². The summed E-state index contributed by atoms with van der Waals surface area (Å²) in [5.41, 5.74) is 2.82. The van der Waals surface area contributed by atoms with Crippen LogP contribution in [0.4, 0.5) is 24.5 Å². The molecule has 0 bridgehead atoms. The molecule has 0 saturated carbocycles. The van der Waals surface area contributed by atoms with Gasteiger partial charge in [0.05, 0.1) is 5.56 Å². The van der Waals surface area contributed by atoms with E-state index in [-0.39, 0.29) is 0 Å². The molecule has 0 aliphatic heterocycles. The summed E-state index contributed by atoms with van der Waals surface area (Å²) in [5, 5.41) is 0. The van der Waals surface area contributed by atoms with Crippen molar-refractivity contribution in [2.75, 3.05) is 11.4 Å². The second-order valence-electron chi connectivity index (χ2n) is 5.08. The third kappa shape index (κ3) is 3.38. The maximum absolute atomic E-state index is 12.9. The molecule has 0 unspecified atom stereocenters. The monoisotopic (exact) mass is 293 g/mol. The number of aryl methyl sites for hydroxylation is 2. The van der Waals surface area contributed by atoms with Gasteiger partial charge in [-0.05, 0) is 50.6 Å². The van der Waals surface area contributed by atoms with Crippen molar-refractivity contribution in [3.63, 3.8) is 0 Å². The molecule has 2 aromatic carbocycles. The van der Waals surface area contributed by atoms with Crippen LogP contribution in [0.2, 0.25) is 0 Å². The van der Waals surface area contributed by atoms with Crippen LogP contribution in [0.1, 0.15) is 23.6 Å². The predicted octanol–water partition coefficient (Wildman–Crippen LogP) is 5.48. The van der Waals surface area contributed by atoms with E-state index in [4.69, 9.17) is 0 Å². The SMILES string of the molecule is CCN(c1ccc(C)cc1)c1cc(C(F)(F)F)ccc1C. The lowest BCUT2D eigenvalue weighted by Crippen LogP contribution is -2.18. The first kappa shape index (κ1) is 15.4. The van der Waals surface area contributed by atoms with Gasteiger partial charge in [0.15, 0.2) is 0 Å². The van der Waals surface area contributed by atoms with Gasteiger partial charge in [0.25, 0.3) is 0 Å². The summed E-state index contributed by atoms with van der Waals surface area (Å²) < 4.78 is 38.7. The number of alkyl halides is 3. The van der Waals surface area contributed by atoms with E-state index in [1.165, 1.54) is 12.1 Å². The second kappa shape index (κ2) is 5.80. The molecule has 0 amide bonds. The Balaban J connectivity index is 2.49. The zero-order valence-electron chi connectivity index (χ0n) is 12.3. The van der Waals surface area contributed by atoms with Crippen LogP contribution in [0.15, 0.2) is 42.5 Å². The Hall–Kier alpha value is -1.97. The van der Waals surface area contributed by atoms with Crippen molar-refractivity contribution < 1.29 is 13.2 Å². The van der Waals surface area contributed by atoms with Crippen LogP contribution < -0.4 is 4.90 Å². The number of hydrogen-bond acceptors (Lipinski definition) is 1. The maximum atomic E-state index is 12.9. The summed E-state index contributed by atoms with van der Waals surface area (Å²) >= 11 is 0. The predicted molar refractivity (Wildman–Crippen MR) is 80.0 cm³/mol. The van der Waals surface area contributed by atoms with Gasteiger partial charge in [-0.3, -0.25) is 0 Å². The average Bonchev–Trinajstić information content (AvgIpc) is 2.42. The fourth-order valence-electron chi connectivity index (χ4n) is 2.29. The molecule has 2 rings (SSSR count). The van der Waals surface area contributed by atoms with Gasteiger partial charge in [-0.15, -0.1) is 0 Å². The Bertz CT molecular complexity index is 615. The standard InChI is InChI=1S/C17H18F3N/c1-4-21(15-9-5-12(2)6-10-15)16-11-14(17(18,19)20)8-7-13(16)3/h5-11H,4H2,1-3H3. The molecule has 2 aromatic rings. The maximum Gasteiger partial charge on any atom is 0.416 e. The Morgan fingerprint density at radius 2 is 1.57 bits per heavy atom. The minimum absolute atomic E-state index is 0.594. The van der Waals surface area contributed by atoms with Crippen molar-refractivity contribution in [3.05, 3.63) is 59.2 Å². The third-order valence-electron chi connectivity index (χ3n) is 3.49. The van der Waals surface area contributed by atoms with E-state index in [0.29, 0.717) is 12.2 Å². The van der Waals surface area contributed by atoms with Gasteiger partial charge >= 0.3 is 6.18 Å². The van der Waals surface area contributed by atoms with Gasteiger partial charge in [-0.2, -0.15) is 13.2 Å². The smallest absolute Gasteiger partial charge is 0.342 e.